The topological polar surface area (TPSA) is 66.0 Å². The molecule has 1 aliphatic rings. The first-order chi connectivity index (χ1) is 9.25. The van der Waals surface area contributed by atoms with Gasteiger partial charge in [-0.25, -0.2) is 4.98 Å². The number of piperidine rings is 1. The standard InChI is InChI=1S/C15H18N4/c16-14(17)12-10-11-6-2-3-7-13(11)18-15(12)19-8-4-1-5-9-19/h2-3,6-7,10H,1,4-5,8-9H2,(H3,16,17). The van der Waals surface area contributed by atoms with E-state index in [4.69, 9.17) is 16.1 Å². The predicted octanol–water partition coefficient (Wildman–Crippen LogP) is 2.51. The zero-order valence-corrected chi connectivity index (χ0v) is 10.9. The Morgan fingerprint density at radius 3 is 2.63 bits per heavy atom. The number of para-hydroxylation sites is 1. The number of nitrogens with one attached hydrogen (secondary N) is 1. The normalized spacial score (nSPS) is 15.7. The third kappa shape index (κ3) is 2.26. The summed E-state index contributed by atoms with van der Waals surface area (Å²) in [6.07, 6.45) is 3.65. The number of amidine groups is 1. The molecule has 0 atom stereocenters. The van der Waals surface area contributed by atoms with Gasteiger partial charge < -0.3 is 10.6 Å². The number of hydrogen-bond acceptors (Lipinski definition) is 3. The molecule has 3 rings (SSSR count). The predicted molar refractivity (Wildman–Crippen MR) is 78.8 cm³/mol. The van der Waals surface area contributed by atoms with Crippen molar-refractivity contribution >= 4 is 22.6 Å². The van der Waals surface area contributed by atoms with E-state index >= 15 is 0 Å². The van der Waals surface area contributed by atoms with Crippen molar-refractivity contribution in [3.05, 3.63) is 35.9 Å². The zero-order valence-electron chi connectivity index (χ0n) is 10.9. The van der Waals surface area contributed by atoms with E-state index in [1.54, 1.807) is 0 Å². The fraction of sp³-hybridized carbons (Fsp3) is 0.333. The summed E-state index contributed by atoms with van der Waals surface area (Å²) in [6, 6.07) is 9.97. The molecule has 4 nitrogen and oxygen atoms in total. The van der Waals surface area contributed by atoms with Gasteiger partial charge in [0.2, 0.25) is 0 Å². The van der Waals surface area contributed by atoms with Crippen LogP contribution in [-0.4, -0.2) is 23.9 Å². The molecule has 1 aromatic carbocycles. The molecule has 1 aliphatic heterocycles. The van der Waals surface area contributed by atoms with Crippen LogP contribution in [0.3, 0.4) is 0 Å². The van der Waals surface area contributed by atoms with Gasteiger partial charge in [0, 0.05) is 18.5 Å². The lowest BCUT2D eigenvalue weighted by Crippen LogP contribution is -2.32. The largest absolute Gasteiger partial charge is 0.384 e. The number of anilines is 1. The van der Waals surface area contributed by atoms with E-state index in [0.717, 1.165) is 35.4 Å². The Bertz CT molecular complexity index is 615. The number of benzene rings is 1. The van der Waals surface area contributed by atoms with Gasteiger partial charge in [-0.15, -0.1) is 0 Å². The third-order valence-electron chi connectivity index (χ3n) is 3.65. The monoisotopic (exact) mass is 254 g/mol. The molecule has 1 fully saturated rings. The summed E-state index contributed by atoms with van der Waals surface area (Å²) in [4.78, 5) is 6.98. The summed E-state index contributed by atoms with van der Waals surface area (Å²) in [7, 11) is 0. The number of fused-ring (bicyclic) bond motifs is 1. The minimum absolute atomic E-state index is 0.0961. The van der Waals surface area contributed by atoms with Crippen molar-refractivity contribution in [1.82, 2.24) is 4.98 Å². The van der Waals surface area contributed by atoms with Crippen LogP contribution in [0.1, 0.15) is 24.8 Å². The molecule has 0 bridgehead atoms. The van der Waals surface area contributed by atoms with E-state index in [2.05, 4.69) is 4.90 Å². The van der Waals surface area contributed by atoms with Crippen LogP contribution < -0.4 is 10.6 Å². The maximum Gasteiger partial charge on any atom is 0.140 e. The fourth-order valence-electron chi connectivity index (χ4n) is 2.65. The molecule has 19 heavy (non-hydrogen) atoms. The van der Waals surface area contributed by atoms with E-state index in [9.17, 15) is 0 Å². The highest BCUT2D eigenvalue weighted by Crippen LogP contribution is 2.25. The van der Waals surface area contributed by atoms with Gasteiger partial charge in [0.05, 0.1) is 11.1 Å². The van der Waals surface area contributed by atoms with Crippen molar-refractivity contribution in [3.63, 3.8) is 0 Å². The first-order valence-electron chi connectivity index (χ1n) is 6.75. The lowest BCUT2D eigenvalue weighted by atomic mass is 10.1. The first-order valence-corrected chi connectivity index (χ1v) is 6.75. The minimum Gasteiger partial charge on any atom is -0.384 e. The molecular weight excluding hydrogens is 236 g/mol. The van der Waals surface area contributed by atoms with Crippen LogP contribution in [-0.2, 0) is 0 Å². The molecule has 2 heterocycles. The van der Waals surface area contributed by atoms with E-state index in [1.807, 2.05) is 30.3 Å². The van der Waals surface area contributed by atoms with Crippen molar-refractivity contribution in [1.29, 1.82) is 5.41 Å². The third-order valence-corrected chi connectivity index (χ3v) is 3.65. The van der Waals surface area contributed by atoms with Crippen molar-refractivity contribution in [2.75, 3.05) is 18.0 Å². The number of nitrogens with two attached hydrogens (primary N) is 1. The van der Waals surface area contributed by atoms with E-state index in [-0.39, 0.29) is 5.84 Å². The Hall–Kier alpha value is -2.10. The van der Waals surface area contributed by atoms with Crippen LogP contribution in [0.4, 0.5) is 5.82 Å². The summed E-state index contributed by atoms with van der Waals surface area (Å²) < 4.78 is 0. The Kier molecular flexibility index (Phi) is 3.07. The summed E-state index contributed by atoms with van der Waals surface area (Å²) in [5.74, 6) is 0.963. The summed E-state index contributed by atoms with van der Waals surface area (Å²) in [5.41, 5.74) is 7.45. The van der Waals surface area contributed by atoms with Crippen molar-refractivity contribution < 1.29 is 0 Å². The smallest absolute Gasteiger partial charge is 0.140 e. The molecule has 0 unspecified atom stereocenters. The fourth-order valence-corrected chi connectivity index (χ4v) is 2.65. The van der Waals surface area contributed by atoms with Crippen LogP contribution in [0.25, 0.3) is 10.9 Å². The first kappa shape index (κ1) is 12.0. The maximum atomic E-state index is 7.78. The summed E-state index contributed by atoms with van der Waals surface area (Å²) >= 11 is 0. The SMILES string of the molecule is N=C(N)c1cc2ccccc2nc1N1CCCCC1. The van der Waals surface area contributed by atoms with Crippen LogP contribution in [0.2, 0.25) is 0 Å². The number of nitrogen functional groups attached to an aromatic ring is 1. The summed E-state index contributed by atoms with van der Waals surface area (Å²) in [5, 5.41) is 8.82. The number of pyridine rings is 1. The van der Waals surface area contributed by atoms with Gasteiger partial charge in [0.25, 0.3) is 0 Å². The Labute approximate surface area is 112 Å². The molecule has 2 aromatic rings. The second-order valence-electron chi connectivity index (χ2n) is 5.01. The molecule has 0 spiro atoms. The highest BCUT2D eigenvalue weighted by atomic mass is 15.2. The van der Waals surface area contributed by atoms with Crippen LogP contribution in [0.5, 0.6) is 0 Å². The Morgan fingerprint density at radius 2 is 1.89 bits per heavy atom. The van der Waals surface area contributed by atoms with E-state index in [0.29, 0.717) is 0 Å². The van der Waals surface area contributed by atoms with Crippen molar-refractivity contribution in [2.45, 2.75) is 19.3 Å². The van der Waals surface area contributed by atoms with Gasteiger partial charge in [0.15, 0.2) is 0 Å². The molecule has 0 aliphatic carbocycles. The second-order valence-corrected chi connectivity index (χ2v) is 5.01. The Balaban J connectivity index is 2.14. The lowest BCUT2D eigenvalue weighted by Gasteiger charge is -2.29. The summed E-state index contributed by atoms with van der Waals surface area (Å²) in [6.45, 7) is 2.01. The van der Waals surface area contributed by atoms with Gasteiger partial charge in [-0.1, -0.05) is 18.2 Å². The quantitative estimate of drug-likeness (QED) is 0.639. The van der Waals surface area contributed by atoms with E-state index < -0.39 is 0 Å². The molecule has 0 saturated carbocycles. The number of rotatable bonds is 2. The average Bonchev–Trinajstić information content (AvgIpc) is 2.46. The van der Waals surface area contributed by atoms with Crippen LogP contribution in [0, 0.1) is 5.41 Å². The Morgan fingerprint density at radius 1 is 1.16 bits per heavy atom. The molecule has 0 amide bonds. The molecule has 3 N–H and O–H groups in total. The van der Waals surface area contributed by atoms with Crippen LogP contribution >= 0.6 is 0 Å². The molecule has 0 radical (unpaired) electrons. The average molecular weight is 254 g/mol. The maximum absolute atomic E-state index is 7.78. The minimum atomic E-state index is 0.0961. The van der Waals surface area contributed by atoms with Gasteiger partial charge in [-0.2, -0.15) is 0 Å². The second kappa shape index (κ2) is 4.88. The highest BCUT2D eigenvalue weighted by molar-refractivity contribution is 6.03. The molecule has 1 saturated heterocycles. The zero-order chi connectivity index (χ0) is 13.2. The number of aromatic nitrogens is 1. The van der Waals surface area contributed by atoms with E-state index in [1.165, 1.54) is 19.3 Å². The molecule has 1 aromatic heterocycles. The van der Waals surface area contributed by atoms with Crippen molar-refractivity contribution in [2.24, 2.45) is 5.73 Å². The number of nitrogens with zero attached hydrogens (tertiary/aromatic N) is 2. The van der Waals surface area contributed by atoms with Crippen LogP contribution in [0.15, 0.2) is 30.3 Å². The molecule has 4 heteroatoms. The van der Waals surface area contributed by atoms with Gasteiger partial charge in [-0.05, 0) is 31.4 Å². The molecule has 98 valence electrons. The highest BCUT2D eigenvalue weighted by Gasteiger charge is 2.18. The number of hydrogen-bond donors (Lipinski definition) is 2. The van der Waals surface area contributed by atoms with Gasteiger partial charge in [-0.3, -0.25) is 5.41 Å². The van der Waals surface area contributed by atoms with Crippen molar-refractivity contribution in [3.8, 4) is 0 Å². The van der Waals surface area contributed by atoms with Gasteiger partial charge >= 0.3 is 0 Å². The van der Waals surface area contributed by atoms with Gasteiger partial charge in [0.1, 0.15) is 11.7 Å². The molecular formula is C15H18N4. The lowest BCUT2D eigenvalue weighted by molar-refractivity contribution is 0.574.